The van der Waals surface area contributed by atoms with Crippen LogP contribution in [-0.2, 0) is 9.47 Å². The van der Waals surface area contributed by atoms with E-state index in [0.717, 1.165) is 0 Å². The van der Waals surface area contributed by atoms with E-state index in [-0.39, 0.29) is 0 Å². The SMILES string of the molecule is C[C@H](O)[C@@H](O)[C@@H](O[C@H]1O[C@H](CO)[C@H](O)[C@H](O)[C@H]1O)[C@H](O)CO. The lowest BCUT2D eigenvalue weighted by atomic mass is 9.98. The molecular weight excluding hydrogens is 304 g/mol. The summed E-state index contributed by atoms with van der Waals surface area (Å²) in [6, 6.07) is 0. The van der Waals surface area contributed by atoms with Crippen molar-refractivity contribution in [3.8, 4) is 0 Å². The first kappa shape index (κ1) is 19.6. The minimum absolute atomic E-state index is 0.670. The molecule has 0 unspecified atom stereocenters. The second kappa shape index (κ2) is 8.45. The summed E-state index contributed by atoms with van der Waals surface area (Å²) in [6.45, 7) is -0.249. The van der Waals surface area contributed by atoms with Gasteiger partial charge in [0, 0.05) is 0 Å². The maximum absolute atomic E-state index is 9.82. The lowest BCUT2D eigenvalue weighted by Crippen LogP contribution is -2.61. The Bertz CT molecular complexity index is 325. The average molecular weight is 328 g/mol. The normalized spacial score (nSPS) is 38.3. The Kier molecular flexibility index (Phi) is 7.55. The van der Waals surface area contributed by atoms with Gasteiger partial charge in [0.25, 0.3) is 0 Å². The quantitative estimate of drug-likeness (QED) is 0.226. The molecule has 22 heavy (non-hydrogen) atoms. The Balaban J connectivity index is 2.86. The molecule has 0 saturated carbocycles. The van der Waals surface area contributed by atoms with Crippen LogP contribution in [0.5, 0.6) is 0 Å². The molecule has 10 nitrogen and oxygen atoms in total. The molecule has 1 fully saturated rings. The van der Waals surface area contributed by atoms with Crippen molar-refractivity contribution in [3.05, 3.63) is 0 Å². The average Bonchev–Trinajstić information content (AvgIpc) is 2.50. The summed E-state index contributed by atoms with van der Waals surface area (Å²) in [7, 11) is 0. The zero-order chi connectivity index (χ0) is 17.0. The van der Waals surface area contributed by atoms with Gasteiger partial charge in [0.05, 0.1) is 19.3 Å². The molecule has 0 amide bonds. The largest absolute Gasteiger partial charge is 0.394 e. The monoisotopic (exact) mass is 328 g/mol. The van der Waals surface area contributed by atoms with Crippen LogP contribution in [0.15, 0.2) is 0 Å². The van der Waals surface area contributed by atoms with Gasteiger partial charge in [-0.05, 0) is 6.92 Å². The molecule has 9 atom stereocenters. The molecule has 0 aliphatic carbocycles. The van der Waals surface area contributed by atoms with Gasteiger partial charge in [-0.25, -0.2) is 0 Å². The first-order valence-corrected chi connectivity index (χ1v) is 6.85. The highest BCUT2D eigenvalue weighted by molar-refractivity contribution is 4.90. The molecule has 0 aromatic heterocycles. The summed E-state index contributed by atoms with van der Waals surface area (Å²) >= 11 is 0. The molecule has 1 heterocycles. The van der Waals surface area contributed by atoms with Crippen LogP contribution >= 0.6 is 0 Å². The molecule has 1 saturated heterocycles. The van der Waals surface area contributed by atoms with Gasteiger partial charge in [-0.2, -0.15) is 0 Å². The summed E-state index contributed by atoms with van der Waals surface area (Å²) in [4.78, 5) is 0. The van der Waals surface area contributed by atoms with Crippen molar-refractivity contribution in [2.45, 2.75) is 62.0 Å². The Labute approximate surface area is 126 Å². The van der Waals surface area contributed by atoms with E-state index in [9.17, 15) is 30.6 Å². The fourth-order valence-electron chi connectivity index (χ4n) is 2.11. The standard InChI is InChI=1S/C12H24O10/c1-4(15)7(17)11(5(16)2-13)22-12-10(20)9(19)8(18)6(3-14)21-12/h4-20H,2-3H2,1H3/t4-,5+,6+,7+,8-,9-,10+,11-,12+/m0/s1. The van der Waals surface area contributed by atoms with Crippen LogP contribution in [0, 0.1) is 0 Å². The van der Waals surface area contributed by atoms with Gasteiger partial charge in [0.1, 0.15) is 42.7 Å². The van der Waals surface area contributed by atoms with Crippen molar-refractivity contribution < 1.29 is 50.3 Å². The van der Waals surface area contributed by atoms with Gasteiger partial charge in [-0.3, -0.25) is 0 Å². The van der Waals surface area contributed by atoms with Crippen molar-refractivity contribution in [3.63, 3.8) is 0 Å². The second-order valence-corrected chi connectivity index (χ2v) is 5.28. The molecule has 1 aliphatic heterocycles. The van der Waals surface area contributed by atoms with E-state index in [1.807, 2.05) is 0 Å². The molecule has 0 spiro atoms. The lowest BCUT2D eigenvalue weighted by Gasteiger charge is -2.42. The van der Waals surface area contributed by atoms with Crippen molar-refractivity contribution in [2.24, 2.45) is 0 Å². The summed E-state index contributed by atoms with van der Waals surface area (Å²) in [5.41, 5.74) is 0. The number of ether oxygens (including phenoxy) is 2. The third kappa shape index (κ3) is 4.32. The van der Waals surface area contributed by atoms with Crippen LogP contribution in [0.1, 0.15) is 6.92 Å². The van der Waals surface area contributed by atoms with Crippen LogP contribution in [0.4, 0.5) is 0 Å². The molecule has 1 aliphatic rings. The third-order valence-corrected chi connectivity index (χ3v) is 3.54. The second-order valence-electron chi connectivity index (χ2n) is 5.28. The topological polar surface area (TPSA) is 180 Å². The predicted octanol–water partition coefficient (Wildman–Crippen LogP) is -4.73. The van der Waals surface area contributed by atoms with E-state index in [2.05, 4.69) is 0 Å². The first-order valence-electron chi connectivity index (χ1n) is 6.85. The Morgan fingerprint density at radius 3 is 2.05 bits per heavy atom. The Morgan fingerprint density at radius 2 is 1.59 bits per heavy atom. The lowest BCUT2D eigenvalue weighted by molar-refractivity contribution is -0.326. The van der Waals surface area contributed by atoms with E-state index in [1.54, 1.807) is 0 Å². The maximum atomic E-state index is 9.82. The molecule has 132 valence electrons. The van der Waals surface area contributed by atoms with Crippen molar-refractivity contribution in [1.29, 1.82) is 0 Å². The van der Waals surface area contributed by atoms with E-state index in [4.69, 9.17) is 19.7 Å². The van der Waals surface area contributed by atoms with Gasteiger partial charge in [0.15, 0.2) is 6.29 Å². The third-order valence-electron chi connectivity index (χ3n) is 3.54. The van der Waals surface area contributed by atoms with Gasteiger partial charge in [-0.1, -0.05) is 0 Å². The molecule has 8 N–H and O–H groups in total. The maximum Gasteiger partial charge on any atom is 0.187 e. The zero-order valence-electron chi connectivity index (χ0n) is 12.0. The van der Waals surface area contributed by atoms with Crippen molar-refractivity contribution in [2.75, 3.05) is 13.2 Å². The molecule has 10 heteroatoms. The fraction of sp³-hybridized carbons (Fsp3) is 1.00. The minimum atomic E-state index is -1.73. The molecule has 1 rings (SSSR count). The predicted molar refractivity (Wildman–Crippen MR) is 69.4 cm³/mol. The summed E-state index contributed by atoms with van der Waals surface area (Å²) in [5.74, 6) is 0. The van der Waals surface area contributed by atoms with Gasteiger partial charge in [-0.15, -0.1) is 0 Å². The van der Waals surface area contributed by atoms with Gasteiger partial charge < -0.3 is 50.3 Å². The van der Waals surface area contributed by atoms with E-state index < -0.39 is 68.3 Å². The van der Waals surface area contributed by atoms with E-state index in [0.29, 0.717) is 0 Å². The number of hydrogen-bond acceptors (Lipinski definition) is 10. The van der Waals surface area contributed by atoms with E-state index >= 15 is 0 Å². The molecule has 0 bridgehead atoms. The van der Waals surface area contributed by atoms with Crippen molar-refractivity contribution >= 4 is 0 Å². The summed E-state index contributed by atoms with van der Waals surface area (Å²) in [6.07, 6.45) is -13.9. The van der Waals surface area contributed by atoms with Crippen LogP contribution in [0.25, 0.3) is 0 Å². The first-order chi connectivity index (χ1) is 10.2. The number of hydrogen-bond donors (Lipinski definition) is 8. The van der Waals surface area contributed by atoms with E-state index in [1.165, 1.54) is 6.92 Å². The highest BCUT2D eigenvalue weighted by Gasteiger charge is 2.46. The number of aliphatic hydroxyl groups is 8. The zero-order valence-corrected chi connectivity index (χ0v) is 12.0. The Morgan fingerprint density at radius 1 is 1.00 bits per heavy atom. The number of rotatable bonds is 7. The van der Waals surface area contributed by atoms with Crippen LogP contribution < -0.4 is 0 Å². The molecule has 0 radical (unpaired) electrons. The smallest absolute Gasteiger partial charge is 0.187 e. The van der Waals surface area contributed by atoms with Crippen molar-refractivity contribution in [1.82, 2.24) is 0 Å². The molecular formula is C12H24O10. The molecule has 0 aromatic rings. The van der Waals surface area contributed by atoms with Crippen LogP contribution in [-0.4, -0.2) is 109 Å². The van der Waals surface area contributed by atoms with Crippen LogP contribution in [0.3, 0.4) is 0 Å². The Hall–Kier alpha value is -0.400. The van der Waals surface area contributed by atoms with Gasteiger partial charge in [0.2, 0.25) is 0 Å². The summed E-state index contributed by atoms with van der Waals surface area (Å²) in [5, 5.41) is 75.9. The van der Waals surface area contributed by atoms with Gasteiger partial charge >= 0.3 is 0 Å². The summed E-state index contributed by atoms with van der Waals surface area (Å²) < 4.78 is 10.2. The molecule has 0 aromatic carbocycles. The minimum Gasteiger partial charge on any atom is -0.394 e. The highest BCUT2D eigenvalue weighted by atomic mass is 16.7. The highest BCUT2D eigenvalue weighted by Crippen LogP contribution is 2.24. The fourth-order valence-corrected chi connectivity index (χ4v) is 2.11. The number of aliphatic hydroxyl groups excluding tert-OH is 8. The van der Waals surface area contributed by atoms with Crippen LogP contribution in [0.2, 0.25) is 0 Å².